The summed E-state index contributed by atoms with van der Waals surface area (Å²) in [5.41, 5.74) is 12.1. The van der Waals surface area contributed by atoms with Crippen molar-refractivity contribution in [3.63, 3.8) is 0 Å². The molecule has 5 unspecified atom stereocenters. The van der Waals surface area contributed by atoms with Crippen molar-refractivity contribution in [2.45, 2.75) is 44.6 Å². The van der Waals surface area contributed by atoms with E-state index in [2.05, 4.69) is 9.88 Å². The molecule has 0 aromatic carbocycles. The molecule has 3 aliphatic carbocycles. The summed E-state index contributed by atoms with van der Waals surface area (Å²) in [5.74, 6) is 1.15. The highest BCUT2D eigenvalue weighted by Crippen LogP contribution is 2.88. The van der Waals surface area contributed by atoms with Crippen LogP contribution in [0.15, 0.2) is 23.3 Å². The Labute approximate surface area is 179 Å². The molecule has 31 heavy (non-hydrogen) atoms. The lowest BCUT2D eigenvalue weighted by Crippen LogP contribution is -2.65. The van der Waals surface area contributed by atoms with Crippen molar-refractivity contribution in [1.29, 1.82) is 0 Å². The number of pyridine rings is 1. The maximum atomic E-state index is 13.2. The summed E-state index contributed by atoms with van der Waals surface area (Å²) in [5, 5.41) is 0. The zero-order chi connectivity index (χ0) is 22.3. The summed E-state index contributed by atoms with van der Waals surface area (Å²) >= 11 is 0. The molecule has 5 atom stereocenters. The minimum Gasteiger partial charge on any atom is -0.398 e. The second-order valence-corrected chi connectivity index (χ2v) is 9.57. The maximum absolute atomic E-state index is 13.2. The van der Waals surface area contributed by atoms with Crippen LogP contribution in [0.5, 0.6) is 0 Å². The van der Waals surface area contributed by atoms with E-state index in [4.69, 9.17) is 21.2 Å². The minimum absolute atomic E-state index is 0.0474. The molecule has 0 radical (unpaired) electrons. The topological polar surface area (TPSA) is 89.8 Å². The SMILES string of the molecule is COC1CN(C2C3CC4C2C34C(C=C(N)c2cnc(N)c(C(F)(F)F)c2)=NC(C)C)C1. The first-order valence-electron chi connectivity index (χ1n) is 10.7. The van der Waals surface area contributed by atoms with Crippen LogP contribution >= 0.6 is 0 Å². The van der Waals surface area contributed by atoms with Crippen LogP contribution in [0.2, 0.25) is 0 Å². The summed E-state index contributed by atoms with van der Waals surface area (Å²) in [7, 11) is 1.75. The molecule has 1 aromatic rings. The van der Waals surface area contributed by atoms with Gasteiger partial charge in [-0.05, 0) is 50.2 Å². The van der Waals surface area contributed by atoms with Crippen LogP contribution in [0.25, 0.3) is 5.70 Å². The zero-order valence-electron chi connectivity index (χ0n) is 17.9. The minimum atomic E-state index is -4.58. The summed E-state index contributed by atoms with van der Waals surface area (Å²) in [6.07, 6.45) is 0.00182. The first-order chi connectivity index (χ1) is 14.6. The molecule has 4 aliphatic rings. The van der Waals surface area contributed by atoms with Crippen LogP contribution in [0.1, 0.15) is 31.4 Å². The third-order valence-corrected chi connectivity index (χ3v) is 7.71. The Bertz CT molecular complexity index is 960. The summed E-state index contributed by atoms with van der Waals surface area (Å²) in [6.45, 7) is 5.96. The van der Waals surface area contributed by atoms with Gasteiger partial charge in [-0.1, -0.05) is 0 Å². The Morgan fingerprint density at radius 2 is 2.06 bits per heavy atom. The molecule has 0 spiro atoms. The van der Waals surface area contributed by atoms with Crippen molar-refractivity contribution in [1.82, 2.24) is 9.88 Å². The molecule has 0 amide bonds. The van der Waals surface area contributed by atoms with Gasteiger partial charge in [0.15, 0.2) is 0 Å². The molecule has 4 N–H and O–H groups in total. The predicted molar refractivity (Wildman–Crippen MR) is 112 cm³/mol. The number of methoxy groups -OCH3 is 1. The third kappa shape index (κ3) is 2.85. The highest BCUT2D eigenvalue weighted by Gasteiger charge is 2.90. The number of hydrogen-bond donors (Lipinski definition) is 2. The number of aliphatic imine (C=N–C) groups is 1. The number of allylic oxidation sites excluding steroid dienone is 1. The van der Waals surface area contributed by atoms with E-state index in [9.17, 15) is 13.2 Å². The average molecular weight is 435 g/mol. The fraction of sp³-hybridized carbons (Fsp3) is 0.636. The molecule has 1 aliphatic heterocycles. The van der Waals surface area contributed by atoms with Crippen LogP contribution < -0.4 is 11.5 Å². The van der Waals surface area contributed by atoms with E-state index < -0.39 is 17.6 Å². The second kappa shape index (κ2) is 6.68. The van der Waals surface area contributed by atoms with Gasteiger partial charge in [0.2, 0.25) is 0 Å². The number of nitrogen functional groups attached to an aromatic ring is 1. The molecule has 1 saturated heterocycles. The van der Waals surface area contributed by atoms with E-state index in [1.165, 1.54) is 12.6 Å². The van der Waals surface area contributed by atoms with Crippen molar-refractivity contribution in [2.24, 2.45) is 33.9 Å². The summed E-state index contributed by atoms with van der Waals surface area (Å²) < 4.78 is 45.1. The van der Waals surface area contributed by atoms with Gasteiger partial charge in [-0.25, -0.2) is 4.98 Å². The number of nitrogens with zero attached hydrogens (tertiary/aromatic N) is 3. The Morgan fingerprint density at radius 3 is 2.65 bits per heavy atom. The van der Waals surface area contributed by atoms with Gasteiger partial charge in [0.25, 0.3) is 0 Å². The Balaban J connectivity index is 1.41. The van der Waals surface area contributed by atoms with E-state index in [1.807, 2.05) is 13.8 Å². The maximum Gasteiger partial charge on any atom is 0.419 e. The van der Waals surface area contributed by atoms with Crippen molar-refractivity contribution >= 4 is 17.2 Å². The molecule has 0 bridgehead atoms. The Kier molecular flexibility index (Phi) is 4.47. The normalized spacial score (nSPS) is 35.3. The predicted octanol–water partition coefficient (Wildman–Crippen LogP) is 2.80. The van der Waals surface area contributed by atoms with Crippen molar-refractivity contribution in [3.05, 3.63) is 29.5 Å². The van der Waals surface area contributed by atoms with Gasteiger partial charge in [0.05, 0.1) is 11.7 Å². The zero-order valence-corrected chi connectivity index (χ0v) is 17.9. The average Bonchev–Trinajstić information content (AvgIpc) is 2.88. The standard InChI is InChI=1S/C22H28F3N5O/c1-10(2)29-17(6-16(26)11-4-15(22(23,24)25)20(27)28-7-11)21-13-5-14(21)19(18(13)21)30-8-12(9-30)31-3/h4,6-7,10,12-14,18-19H,5,8-9,26H2,1-3H3,(H2,27,28). The summed E-state index contributed by atoms with van der Waals surface area (Å²) in [4.78, 5) is 11.1. The smallest absolute Gasteiger partial charge is 0.398 e. The van der Waals surface area contributed by atoms with Crippen LogP contribution in [-0.2, 0) is 10.9 Å². The number of aromatic nitrogens is 1. The molecule has 6 nitrogen and oxygen atoms in total. The number of halogens is 3. The van der Waals surface area contributed by atoms with Gasteiger partial charge in [0.1, 0.15) is 5.82 Å². The second-order valence-electron chi connectivity index (χ2n) is 9.57. The van der Waals surface area contributed by atoms with Crippen molar-refractivity contribution < 1.29 is 17.9 Å². The highest BCUT2D eigenvalue weighted by atomic mass is 19.4. The molecular weight excluding hydrogens is 407 g/mol. The number of likely N-dealkylation sites (tertiary alicyclic amines) is 1. The van der Waals surface area contributed by atoms with Crippen LogP contribution in [0.4, 0.5) is 19.0 Å². The lowest BCUT2D eigenvalue weighted by molar-refractivity contribution is -0.137. The number of ether oxygens (including phenoxy) is 1. The van der Waals surface area contributed by atoms with Gasteiger partial charge in [-0.2, -0.15) is 13.2 Å². The van der Waals surface area contributed by atoms with E-state index in [1.54, 1.807) is 13.2 Å². The largest absolute Gasteiger partial charge is 0.419 e. The molecule has 3 saturated carbocycles. The number of nitrogens with two attached hydrogens (primary N) is 2. The molecule has 9 heteroatoms. The highest BCUT2D eigenvalue weighted by molar-refractivity contribution is 6.09. The molecule has 168 valence electrons. The van der Waals surface area contributed by atoms with E-state index in [0.29, 0.717) is 29.9 Å². The van der Waals surface area contributed by atoms with Crippen molar-refractivity contribution in [2.75, 3.05) is 25.9 Å². The Morgan fingerprint density at radius 1 is 1.35 bits per heavy atom. The first-order valence-corrected chi connectivity index (χ1v) is 10.7. The quantitative estimate of drug-likeness (QED) is 0.671. The molecular formula is C22H28F3N5O. The lowest BCUT2D eigenvalue weighted by Gasteiger charge is -2.55. The van der Waals surface area contributed by atoms with E-state index >= 15 is 0 Å². The molecule has 2 heterocycles. The van der Waals surface area contributed by atoms with Gasteiger partial charge in [-0.3, -0.25) is 9.89 Å². The molecule has 5 rings (SSSR count). The number of alkyl halides is 3. The van der Waals surface area contributed by atoms with Crippen molar-refractivity contribution in [3.8, 4) is 0 Å². The number of hydrogen-bond acceptors (Lipinski definition) is 6. The molecule has 1 aromatic heterocycles. The third-order valence-electron chi connectivity index (χ3n) is 7.71. The Hall–Kier alpha value is -2.13. The van der Waals surface area contributed by atoms with Crippen LogP contribution in [0.3, 0.4) is 0 Å². The number of fused-ring (bicyclic) bond motifs is 1. The van der Waals surface area contributed by atoms with Gasteiger partial charge in [-0.15, -0.1) is 0 Å². The van der Waals surface area contributed by atoms with Gasteiger partial charge < -0.3 is 16.2 Å². The fourth-order valence-electron chi connectivity index (χ4n) is 6.30. The number of anilines is 1. The number of rotatable bonds is 6. The lowest BCUT2D eigenvalue weighted by atomic mass is 9.59. The first kappa shape index (κ1) is 20.8. The summed E-state index contributed by atoms with van der Waals surface area (Å²) in [6, 6.07) is 1.61. The van der Waals surface area contributed by atoms with Gasteiger partial charge in [0, 0.05) is 60.9 Å². The fourth-order valence-corrected chi connectivity index (χ4v) is 6.30. The van der Waals surface area contributed by atoms with Crippen LogP contribution in [0, 0.1) is 23.2 Å². The molecule has 4 fully saturated rings. The van der Waals surface area contributed by atoms with E-state index in [0.717, 1.165) is 24.9 Å². The van der Waals surface area contributed by atoms with E-state index in [-0.39, 0.29) is 22.7 Å². The van der Waals surface area contributed by atoms with Crippen LogP contribution in [-0.4, -0.2) is 54.0 Å². The van der Waals surface area contributed by atoms with Gasteiger partial charge >= 0.3 is 6.18 Å². The monoisotopic (exact) mass is 435 g/mol.